The van der Waals surface area contributed by atoms with Crippen LogP contribution < -0.4 is 60.8 Å². The second kappa shape index (κ2) is 35.0. The van der Waals surface area contributed by atoms with Gasteiger partial charge in [0.15, 0.2) is 11.6 Å². The molecule has 0 unspecified atom stereocenters. The molecule has 3 aromatic carbocycles. The standard InChI is InChI=1S/C27H32N4O4.C22H24N4O2.C15H18N2O3.C11H15N3O2.Li/c1-27(2,3)35-26(33)29-22-9-7-19(25-6-5-15-34-25)16-20(22)17-24(32)23-10-8-21(18-28-23)31-13-11-30(4)12-14-31;1-25-8-10-26(11-9-25)18-5-7-20(24-15-18)21(27)14-17-13-16(4-6-19(17)23)22-3-2-12-28-22;1-15(2,3)20-14(18)17-12-7-6-10(9-11(12)16)13-5-4-8-19-13;1-13-4-6-14(7-5-13)9-2-3-10(11(15)16)12-8-9;/h5-10,15-16,18H,11-14,17H2,1-4H3,(H,29,33);2-7,12-13,15H,8-11,14,23H2,1H3;4-9H,16H2,1-3H3,(H,17,18);2-3,8H,4-7H2,1H3,(H,15,16);/q;;;;+1/p-1. The minimum Gasteiger partial charge on any atom is -0.543 e. The molecule has 0 saturated carbocycles. The molecule has 0 aliphatic carbocycles. The number of nitrogen functional groups attached to an aromatic ring is 2. The summed E-state index contributed by atoms with van der Waals surface area (Å²) >= 11 is 0. The number of carbonyl (C=O) groups excluding carboxylic acids is 5. The Labute approximate surface area is 595 Å². The minimum atomic E-state index is -1.23. The summed E-state index contributed by atoms with van der Waals surface area (Å²) in [4.78, 5) is 86.9. The molecule has 3 aliphatic rings. The summed E-state index contributed by atoms with van der Waals surface area (Å²) in [7, 11) is 6.34. The smallest absolute Gasteiger partial charge is 0.543 e. The average molecular weight is 1350 g/mol. The average Bonchev–Trinajstić information content (AvgIpc) is 1.26. The van der Waals surface area contributed by atoms with E-state index in [1.165, 1.54) is 6.07 Å². The molecule has 9 heterocycles. The number of hydrogen-bond donors (Lipinski definition) is 4. The van der Waals surface area contributed by atoms with Crippen LogP contribution in [0.4, 0.5) is 49.4 Å². The number of hydrogen-bond acceptors (Lipinski definition) is 22. The van der Waals surface area contributed by atoms with E-state index >= 15 is 0 Å². The minimum absolute atomic E-state index is 0. The first-order valence-corrected chi connectivity index (χ1v) is 32.8. The molecule has 520 valence electrons. The third kappa shape index (κ3) is 22.4. The van der Waals surface area contributed by atoms with Gasteiger partial charge in [-0.15, -0.1) is 0 Å². The number of rotatable bonds is 15. The molecule has 24 nitrogen and oxygen atoms in total. The number of ether oxygens (including phenoxy) is 2. The largest absolute Gasteiger partial charge is 1.00 e. The molecule has 3 fully saturated rings. The molecular formula is C75H88LiN13O11. The van der Waals surface area contributed by atoms with Crippen LogP contribution in [0.3, 0.4) is 0 Å². The molecule has 25 heteroatoms. The van der Waals surface area contributed by atoms with Crippen molar-refractivity contribution in [2.75, 3.05) is 136 Å². The number of pyridine rings is 3. The summed E-state index contributed by atoms with van der Waals surface area (Å²) in [5, 5.41) is 15.9. The Morgan fingerprint density at radius 1 is 0.450 bits per heavy atom. The summed E-state index contributed by atoms with van der Waals surface area (Å²) in [5.41, 5.74) is 20.8. The zero-order chi connectivity index (χ0) is 70.8. The molecule has 2 amide bonds. The van der Waals surface area contributed by atoms with Crippen molar-refractivity contribution in [2.45, 2.75) is 65.6 Å². The second-order valence-corrected chi connectivity index (χ2v) is 26.3. The number of carboxylic acid groups (broad SMARTS) is 1. The number of aromatic nitrogens is 3. The third-order valence-electron chi connectivity index (χ3n) is 16.3. The van der Waals surface area contributed by atoms with Crippen molar-refractivity contribution in [2.24, 2.45) is 0 Å². The monoisotopic (exact) mass is 1350 g/mol. The molecule has 6 N–H and O–H groups in total. The molecule has 3 saturated heterocycles. The zero-order valence-electron chi connectivity index (χ0n) is 58.7. The predicted octanol–water partition coefficient (Wildman–Crippen LogP) is 8.04. The number of carboxylic acids is 1. The number of ketones is 2. The van der Waals surface area contributed by atoms with Gasteiger partial charge in [0, 0.05) is 119 Å². The van der Waals surface area contributed by atoms with Gasteiger partial charge in [0.25, 0.3) is 0 Å². The molecule has 0 bridgehead atoms. The summed E-state index contributed by atoms with van der Waals surface area (Å²) < 4.78 is 26.8. The maximum Gasteiger partial charge on any atom is 1.00 e. The number of amides is 2. The van der Waals surface area contributed by atoms with Gasteiger partial charge in [-0.1, -0.05) is 0 Å². The van der Waals surface area contributed by atoms with Crippen molar-refractivity contribution >= 4 is 69.5 Å². The predicted molar refractivity (Wildman–Crippen MR) is 383 cm³/mol. The van der Waals surface area contributed by atoms with E-state index in [2.05, 4.69) is 76.1 Å². The number of piperazine rings is 3. The fourth-order valence-electron chi connectivity index (χ4n) is 10.8. The number of nitrogens with two attached hydrogens (primary N) is 2. The first-order chi connectivity index (χ1) is 47.3. The Balaban J connectivity index is 0.000000176. The van der Waals surface area contributed by atoms with E-state index in [4.69, 9.17) is 34.2 Å². The number of likely N-dealkylation sites (N-methyl/N-ethyl adjacent to an activating group) is 3. The number of aromatic carboxylic acids is 1. The first-order valence-electron chi connectivity index (χ1n) is 32.8. The van der Waals surface area contributed by atoms with E-state index in [1.807, 2.05) is 78.9 Å². The van der Waals surface area contributed by atoms with E-state index < -0.39 is 29.4 Å². The SMILES string of the molecule is CC(C)(C)OC(=O)Nc1ccc(-c2ccco2)cc1N.CN1CCN(c2ccc(C(=O)Cc3cc(-c4ccco4)ccc3N)nc2)CC1.CN1CCN(c2ccc(C(=O)Cc3cc(-c4ccco4)ccc3NC(=O)OC(C)(C)C)nc2)CC1.CN1CCN(c2ccc(C(=O)[O-])nc2)CC1.[Li+]. The fraction of sp³-hybridized carbons (Fsp3) is 0.333. The van der Waals surface area contributed by atoms with Crippen molar-refractivity contribution in [3.8, 4) is 34.0 Å². The van der Waals surface area contributed by atoms with Crippen LogP contribution in [-0.4, -0.2) is 170 Å². The summed E-state index contributed by atoms with van der Waals surface area (Å²) in [6.07, 6.45) is 9.14. The van der Waals surface area contributed by atoms with Gasteiger partial charge in [0.1, 0.15) is 39.9 Å². The van der Waals surface area contributed by atoms with Crippen LogP contribution in [-0.2, 0) is 22.3 Å². The van der Waals surface area contributed by atoms with Gasteiger partial charge >= 0.3 is 31.0 Å². The summed E-state index contributed by atoms with van der Waals surface area (Å²) in [5.74, 6) is 0.734. The number of Topliss-reactive ketones (excluding diaryl/α,β-unsaturated/α-hetero) is 2. The van der Waals surface area contributed by atoms with Crippen LogP contribution in [0.2, 0.25) is 0 Å². The molecule has 0 atom stereocenters. The number of carbonyl (C=O) groups is 5. The van der Waals surface area contributed by atoms with E-state index in [0.717, 1.165) is 129 Å². The van der Waals surface area contributed by atoms with Crippen molar-refractivity contribution in [3.63, 3.8) is 0 Å². The third-order valence-corrected chi connectivity index (χ3v) is 16.3. The van der Waals surface area contributed by atoms with Crippen molar-refractivity contribution < 1.29 is 70.7 Å². The molecule has 100 heavy (non-hydrogen) atoms. The molecule has 9 aromatic rings. The van der Waals surface area contributed by atoms with Crippen LogP contribution in [0.1, 0.15) is 84.1 Å². The van der Waals surface area contributed by atoms with Gasteiger partial charge in [-0.3, -0.25) is 35.2 Å². The number of anilines is 7. The van der Waals surface area contributed by atoms with E-state index in [-0.39, 0.29) is 49.0 Å². The molecular weight excluding hydrogens is 1270 g/mol. The van der Waals surface area contributed by atoms with Crippen molar-refractivity contribution in [1.29, 1.82) is 0 Å². The van der Waals surface area contributed by atoms with Gasteiger partial charge in [-0.25, -0.2) is 9.59 Å². The van der Waals surface area contributed by atoms with Crippen LogP contribution in [0.5, 0.6) is 0 Å². The van der Waals surface area contributed by atoms with Crippen LogP contribution in [0.25, 0.3) is 34.0 Å². The maximum absolute atomic E-state index is 13.2. The van der Waals surface area contributed by atoms with Crippen molar-refractivity contribution in [3.05, 3.63) is 193 Å². The van der Waals surface area contributed by atoms with Crippen molar-refractivity contribution in [1.82, 2.24) is 29.7 Å². The Hall–Kier alpha value is -10.2. The summed E-state index contributed by atoms with van der Waals surface area (Å²) in [6.45, 7) is 22.6. The Bertz CT molecular complexity index is 4100. The van der Waals surface area contributed by atoms with E-state index in [0.29, 0.717) is 45.5 Å². The molecule has 6 aromatic heterocycles. The number of benzene rings is 3. The van der Waals surface area contributed by atoms with Gasteiger partial charge in [0.05, 0.1) is 77.5 Å². The maximum atomic E-state index is 13.2. The number of nitrogens with zero attached hydrogens (tertiary/aromatic N) is 9. The van der Waals surface area contributed by atoms with Gasteiger partial charge in [-0.05, 0) is 201 Å². The quantitative estimate of drug-likeness (QED) is 0.0429. The molecule has 12 rings (SSSR count). The number of furan rings is 3. The second-order valence-electron chi connectivity index (χ2n) is 26.3. The Morgan fingerprint density at radius 3 is 1.15 bits per heavy atom. The Kier molecular flexibility index (Phi) is 26.4. The van der Waals surface area contributed by atoms with Crippen LogP contribution >= 0.6 is 0 Å². The van der Waals surface area contributed by atoms with Gasteiger partial charge in [0.2, 0.25) is 0 Å². The number of nitrogens with one attached hydrogen (secondary N) is 2. The molecule has 0 spiro atoms. The van der Waals surface area contributed by atoms with Gasteiger partial charge < -0.3 is 73.5 Å². The molecule has 3 aliphatic heterocycles. The normalized spacial score (nSPS) is 14.3. The molecule has 0 radical (unpaired) electrons. The van der Waals surface area contributed by atoms with E-state index in [9.17, 15) is 29.1 Å². The van der Waals surface area contributed by atoms with Gasteiger partial charge in [-0.2, -0.15) is 0 Å². The van der Waals surface area contributed by atoms with Crippen LogP contribution in [0, 0.1) is 0 Å². The van der Waals surface area contributed by atoms with Crippen LogP contribution in [0.15, 0.2) is 178 Å². The van der Waals surface area contributed by atoms with E-state index in [1.54, 1.807) is 121 Å². The zero-order valence-corrected chi connectivity index (χ0v) is 58.7. The summed E-state index contributed by atoms with van der Waals surface area (Å²) in [6, 6.07) is 38.1. The fourth-order valence-corrected chi connectivity index (χ4v) is 10.8. The Morgan fingerprint density at radius 2 is 0.800 bits per heavy atom. The first kappa shape index (κ1) is 75.5. The topological polar surface area (TPSA) is 300 Å².